The third kappa shape index (κ3) is 3.61. The number of nitrogens with zero attached hydrogens (tertiary/aromatic N) is 3. The molecule has 2 heterocycles. The van der Waals surface area contributed by atoms with Gasteiger partial charge < -0.3 is 10.2 Å². The Bertz CT molecular complexity index is 824. The third-order valence-electron chi connectivity index (χ3n) is 5.87. The van der Waals surface area contributed by atoms with E-state index in [2.05, 4.69) is 10.4 Å². The van der Waals surface area contributed by atoms with E-state index < -0.39 is 0 Å². The Labute approximate surface area is 159 Å². The first-order valence-electron chi connectivity index (χ1n) is 9.81. The second kappa shape index (κ2) is 7.55. The fourth-order valence-electron chi connectivity index (χ4n) is 4.18. The van der Waals surface area contributed by atoms with E-state index in [4.69, 9.17) is 0 Å². The van der Waals surface area contributed by atoms with Gasteiger partial charge in [0, 0.05) is 25.1 Å². The number of aromatic nitrogens is 2. The predicted molar refractivity (Wildman–Crippen MR) is 104 cm³/mol. The lowest BCUT2D eigenvalue weighted by Crippen LogP contribution is -2.42. The quantitative estimate of drug-likeness (QED) is 0.903. The summed E-state index contributed by atoms with van der Waals surface area (Å²) in [7, 11) is 1.88. The van der Waals surface area contributed by atoms with Crippen LogP contribution in [0.5, 0.6) is 0 Å². The van der Waals surface area contributed by atoms with Crippen molar-refractivity contribution in [2.75, 3.05) is 12.4 Å². The molecule has 0 radical (unpaired) electrons. The fourth-order valence-corrected chi connectivity index (χ4v) is 4.18. The van der Waals surface area contributed by atoms with Crippen LogP contribution < -0.4 is 5.32 Å². The predicted octanol–water partition coefficient (Wildman–Crippen LogP) is 3.30. The van der Waals surface area contributed by atoms with Gasteiger partial charge in [-0.25, -0.2) is 4.68 Å². The highest BCUT2D eigenvalue weighted by molar-refractivity contribution is 5.98. The van der Waals surface area contributed by atoms with Crippen molar-refractivity contribution in [3.8, 4) is 11.1 Å². The minimum absolute atomic E-state index is 0.0564. The van der Waals surface area contributed by atoms with Gasteiger partial charge >= 0.3 is 0 Å². The number of nitrogens with one attached hydrogen (secondary N) is 1. The van der Waals surface area contributed by atoms with Gasteiger partial charge in [0.1, 0.15) is 5.82 Å². The Morgan fingerprint density at radius 2 is 1.96 bits per heavy atom. The van der Waals surface area contributed by atoms with Gasteiger partial charge in [0.2, 0.25) is 11.8 Å². The molecular weight excluding hydrogens is 340 g/mol. The second-order valence-corrected chi connectivity index (χ2v) is 7.64. The molecule has 1 aliphatic carbocycles. The van der Waals surface area contributed by atoms with Gasteiger partial charge in [-0.3, -0.25) is 9.59 Å². The first kappa shape index (κ1) is 17.8. The summed E-state index contributed by atoms with van der Waals surface area (Å²) in [5, 5.41) is 7.41. The molecule has 1 aromatic carbocycles. The van der Waals surface area contributed by atoms with E-state index in [1.165, 1.54) is 19.3 Å². The Hall–Kier alpha value is -2.63. The maximum atomic E-state index is 12.7. The number of fused-ring (bicyclic) bond motifs is 1. The summed E-state index contributed by atoms with van der Waals surface area (Å²) in [6, 6.07) is 10.2. The Morgan fingerprint density at radius 1 is 1.22 bits per heavy atom. The molecule has 2 aromatic rings. The maximum absolute atomic E-state index is 12.7. The van der Waals surface area contributed by atoms with Crippen molar-refractivity contribution in [2.24, 2.45) is 5.92 Å². The van der Waals surface area contributed by atoms with Crippen LogP contribution in [0.25, 0.3) is 11.1 Å². The molecule has 4 rings (SSSR count). The lowest BCUT2D eigenvalue weighted by molar-refractivity contribution is -0.136. The van der Waals surface area contributed by atoms with E-state index in [9.17, 15) is 9.59 Å². The number of carbonyl (C=O) groups excluding carboxylic acids is 2. The average Bonchev–Trinajstić information content (AvgIpc) is 3.11. The SMILES string of the molecule is CN(C(=O)CC1Cn2ncc(-c3ccccc3)c2NC1=O)C1CCCCC1. The van der Waals surface area contributed by atoms with Crippen molar-refractivity contribution >= 4 is 17.6 Å². The normalized spacial score (nSPS) is 20.0. The van der Waals surface area contributed by atoms with Crippen LogP contribution in [0.3, 0.4) is 0 Å². The summed E-state index contributed by atoms with van der Waals surface area (Å²) < 4.78 is 1.81. The molecule has 142 valence electrons. The standard InChI is InChI=1S/C21H26N4O2/c1-24(17-10-6-3-7-11-17)19(26)12-16-14-25-20(23-21(16)27)18(13-22-25)15-8-4-2-5-9-15/h2,4-5,8-9,13,16-17H,3,6-7,10-12,14H2,1H3,(H,23,27). The lowest BCUT2D eigenvalue weighted by atomic mass is 9.93. The molecule has 6 heteroatoms. The fraction of sp³-hybridized carbons (Fsp3) is 0.476. The number of rotatable bonds is 4. The van der Waals surface area contributed by atoms with Crippen molar-refractivity contribution in [3.63, 3.8) is 0 Å². The number of carbonyl (C=O) groups is 2. The van der Waals surface area contributed by atoms with Crippen LogP contribution in [-0.2, 0) is 16.1 Å². The molecule has 1 aromatic heterocycles. The highest BCUT2D eigenvalue weighted by Gasteiger charge is 2.32. The van der Waals surface area contributed by atoms with E-state index in [1.54, 1.807) is 6.20 Å². The number of hydrogen-bond donors (Lipinski definition) is 1. The van der Waals surface area contributed by atoms with Crippen LogP contribution in [0.2, 0.25) is 0 Å². The molecule has 0 saturated heterocycles. The zero-order chi connectivity index (χ0) is 18.8. The zero-order valence-corrected chi connectivity index (χ0v) is 15.7. The summed E-state index contributed by atoms with van der Waals surface area (Å²) in [4.78, 5) is 27.2. The van der Waals surface area contributed by atoms with Crippen molar-refractivity contribution < 1.29 is 9.59 Å². The van der Waals surface area contributed by atoms with Crippen molar-refractivity contribution in [2.45, 2.75) is 51.1 Å². The van der Waals surface area contributed by atoms with Gasteiger partial charge in [0.25, 0.3) is 0 Å². The Balaban J connectivity index is 1.45. The van der Waals surface area contributed by atoms with Crippen LogP contribution in [0.4, 0.5) is 5.82 Å². The van der Waals surface area contributed by atoms with E-state index in [0.29, 0.717) is 12.6 Å². The van der Waals surface area contributed by atoms with Gasteiger partial charge in [-0.1, -0.05) is 49.6 Å². The van der Waals surface area contributed by atoms with Crippen LogP contribution in [0.15, 0.2) is 36.5 Å². The van der Waals surface area contributed by atoms with Crippen LogP contribution in [0, 0.1) is 5.92 Å². The average molecular weight is 366 g/mol. The van der Waals surface area contributed by atoms with Gasteiger partial charge in [-0.2, -0.15) is 5.10 Å². The molecule has 0 bridgehead atoms. The Kier molecular flexibility index (Phi) is 4.97. The number of hydrogen-bond acceptors (Lipinski definition) is 3. The van der Waals surface area contributed by atoms with Crippen LogP contribution >= 0.6 is 0 Å². The molecule has 1 saturated carbocycles. The monoisotopic (exact) mass is 366 g/mol. The number of benzene rings is 1. The first-order valence-corrected chi connectivity index (χ1v) is 9.81. The molecule has 0 spiro atoms. The van der Waals surface area contributed by atoms with E-state index >= 15 is 0 Å². The third-order valence-corrected chi connectivity index (χ3v) is 5.87. The highest BCUT2D eigenvalue weighted by Crippen LogP contribution is 2.32. The van der Waals surface area contributed by atoms with Crippen LogP contribution in [-0.4, -0.2) is 39.6 Å². The molecule has 1 N–H and O–H groups in total. The number of anilines is 1. The summed E-state index contributed by atoms with van der Waals surface area (Å²) in [6.07, 6.45) is 7.79. The van der Waals surface area contributed by atoms with Crippen molar-refractivity contribution in [1.82, 2.24) is 14.7 Å². The minimum Gasteiger partial charge on any atom is -0.343 e. The largest absolute Gasteiger partial charge is 0.343 e. The molecule has 1 fully saturated rings. The van der Waals surface area contributed by atoms with Gasteiger partial charge in [-0.15, -0.1) is 0 Å². The first-order chi connectivity index (χ1) is 13.1. The summed E-state index contributed by atoms with van der Waals surface area (Å²) >= 11 is 0. The zero-order valence-electron chi connectivity index (χ0n) is 15.7. The molecule has 1 atom stereocenters. The molecular formula is C21H26N4O2. The summed E-state index contributed by atoms with van der Waals surface area (Å²) in [6.45, 7) is 0.443. The van der Waals surface area contributed by atoms with Crippen molar-refractivity contribution in [3.05, 3.63) is 36.5 Å². The van der Waals surface area contributed by atoms with Crippen LogP contribution in [0.1, 0.15) is 38.5 Å². The van der Waals surface area contributed by atoms with E-state index in [1.807, 2.05) is 47.0 Å². The van der Waals surface area contributed by atoms with Gasteiger partial charge in [0.05, 0.1) is 18.7 Å². The maximum Gasteiger partial charge on any atom is 0.231 e. The number of amides is 2. The summed E-state index contributed by atoms with van der Waals surface area (Å²) in [5.74, 6) is 0.307. The topological polar surface area (TPSA) is 67.2 Å². The smallest absolute Gasteiger partial charge is 0.231 e. The van der Waals surface area contributed by atoms with Crippen molar-refractivity contribution in [1.29, 1.82) is 0 Å². The molecule has 6 nitrogen and oxygen atoms in total. The summed E-state index contributed by atoms with van der Waals surface area (Å²) in [5.41, 5.74) is 1.93. The molecule has 2 amide bonds. The second-order valence-electron chi connectivity index (χ2n) is 7.64. The van der Waals surface area contributed by atoms with E-state index in [0.717, 1.165) is 29.8 Å². The molecule has 1 unspecified atom stereocenters. The Morgan fingerprint density at radius 3 is 2.70 bits per heavy atom. The highest BCUT2D eigenvalue weighted by atomic mass is 16.2. The minimum atomic E-state index is -0.375. The lowest BCUT2D eigenvalue weighted by Gasteiger charge is -2.32. The molecule has 27 heavy (non-hydrogen) atoms. The van der Waals surface area contributed by atoms with Gasteiger partial charge in [-0.05, 0) is 18.4 Å². The molecule has 1 aliphatic heterocycles. The van der Waals surface area contributed by atoms with E-state index in [-0.39, 0.29) is 24.2 Å². The van der Waals surface area contributed by atoms with Gasteiger partial charge in [0.15, 0.2) is 0 Å². The molecule has 2 aliphatic rings.